The van der Waals surface area contributed by atoms with Gasteiger partial charge in [-0.05, 0) is 52.7 Å². The Bertz CT molecular complexity index is 749. The maximum absolute atomic E-state index is 12.0. The molecule has 0 aliphatic heterocycles. The van der Waals surface area contributed by atoms with Crippen LogP contribution >= 0.6 is 27.3 Å². The van der Waals surface area contributed by atoms with Gasteiger partial charge in [0.1, 0.15) is 0 Å². The fourth-order valence-corrected chi connectivity index (χ4v) is 3.50. The Morgan fingerprint density at radius 2 is 2.05 bits per heavy atom. The number of benzene rings is 1. The molecule has 0 saturated carbocycles. The molecular formula is C12H11BrN2O3S2. The Labute approximate surface area is 129 Å². The number of amides is 1. The molecule has 106 valence electrons. The molecule has 0 saturated heterocycles. The van der Waals surface area contributed by atoms with Crippen LogP contribution in [0.25, 0.3) is 0 Å². The number of carbonyl (C=O) groups excluding carboxylic acids is 1. The van der Waals surface area contributed by atoms with Crippen LogP contribution in [0.5, 0.6) is 0 Å². The van der Waals surface area contributed by atoms with Gasteiger partial charge in [0.05, 0.1) is 13.6 Å². The van der Waals surface area contributed by atoms with Crippen LogP contribution in [0.3, 0.4) is 0 Å². The Balaban J connectivity index is 2.24. The first kappa shape index (κ1) is 15.2. The highest BCUT2D eigenvalue weighted by Gasteiger charge is 2.13. The van der Waals surface area contributed by atoms with Gasteiger partial charge in [0.2, 0.25) is 10.0 Å². The van der Waals surface area contributed by atoms with Gasteiger partial charge in [-0.15, -0.1) is 11.3 Å². The van der Waals surface area contributed by atoms with E-state index in [-0.39, 0.29) is 10.8 Å². The third kappa shape index (κ3) is 3.45. The minimum atomic E-state index is -3.78. The monoisotopic (exact) mass is 374 g/mol. The van der Waals surface area contributed by atoms with Crippen molar-refractivity contribution in [2.45, 2.75) is 11.8 Å². The van der Waals surface area contributed by atoms with E-state index in [9.17, 15) is 13.2 Å². The van der Waals surface area contributed by atoms with Crippen molar-refractivity contribution in [2.75, 3.05) is 5.32 Å². The van der Waals surface area contributed by atoms with Gasteiger partial charge in [-0.3, -0.25) is 4.79 Å². The molecular weight excluding hydrogens is 364 g/mol. The second-order valence-corrected chi connectivity index (χ2v) is 8.03. The topological polar surface area (TPSA) is 89.3 Å². The lowest BCUT2D eigenvalue weighted by Crippen LogP contribution is -2.14. The molecule has 0 unspecified atom stereocenters. The summed E-state index contributed by atoms with van der Waals surface area (Å²) in [5, 5.41) is 7.69. The zero-order valence-corrected chi connectivity index (χ0v) is 13.6. The summed E-state index contributed by atoms with van der Waals surface area (Å²) in [5.41, 5.74) is 1.35. The third-order valence-electron chi connectivity index (χ3n) is 2.50. The molecule has 1 aromatic carbocycles. The highest BCUT2D eigenvalue weighted by Crippen LogP contribution is 2.28. The summed E-state index contributed by atoms with van der Waals surface area (Å²) in [5.74, 6) is -0.296. The average Bonchev–Trinajstić information content (AvgIpc) is 2.69. The van der Waals surface area contributed by atoms with E-state index in [2.05, 4.69) is 21.2 Å². The number of aryl methyl sites for hydroxylation is 1. The van der Waals surface area contributed by atoms with E-state index in [0.29, 0.717) is 10.6 Å². The molecule has 0 spiro atoms. The molecule has 1 aromatic heterocycles. The molecule has 3 N–H and O–H groups in total. The zero-order valence-electron chi connectivity index (χ0n) is 10.4. The number of hydrogen-bond donors (Lipinski definition) is 2. The van der Waals surface area contributed by atoms with Gasteiger partial charge >= 0.3 is 0 Å². The van der Waals surface area contributed by atoms with Crippen molar-refractivity contribution in [2.24, 2.45) is 5.14 Å². The van der Waals surface area contributed by atoms with Gasteiger partial charge in [-0.25, -0.2) is 13.6 Å². The molecule has 1 heterocycles. The number of nitrogens with one attached hydrogen (secondary N) is 1. The van der Waals surface area contributed by atoms with Crippen molar-refractivity contribution >= 4 is 48.9 Å². The number of primary sulfonamides is 1. The molecule has 0 aliphatic carbocycles. The first-order valence-corrected chi connectivity index (χ1v) is 8.63. The van der Waals surface area contributed by atoms with E-state index in [1.807, 2.05) is 6.92 Å². The summed E-state index contributed by atoms with van der Waals surface area (Å²) in [7, 11) is -3.78. The summed E-state index contributed by atoms with van der Waals surface area (Å²) in [4.78, 5) is 12.5. The van der Waals surface area contributed by atoms with Crippen LogP contribution in [0, 0.1) is 6.92 Å². The Morgan fingerprint density at radius 1 is 1.35 bits per heavy atom. The molecule has 5 nitrogen and oxygen atoms in total. The first-order valence-electron chi connectivity index (χ1n) is 5.47. The van der Waals surface area contributed by atoms with Gasteiger partial charge in [0, 0.05) is 5.69 Å². The minimum absolute atomic E-state index is 0.0427. The number of nitrogens with two attached hydrogens (primary N) is 1. The van der Waals surface area contributed by atoms with E-state index in [1.165, 1.54) is 29.5 Å². The normalized spacial score (nSPS) is 11.3. The number of hydrogen-bond acceptors (Lipinski definition) is 4. The predicted octanol–water partition coefficient (Wildman–Crippen LogP) is 2.72. The highest BCUT2D eigenvalue weighted by atomic mass is 79.9. The largest absolute Gasteiger partial charge is 0.321 e. The van der Waals surface area contributed by atoms with E-state index >= 15 is 0 Å². The van der Waals surface area contributed by atoms with E-state index < -0.39 is 10.0 Å². The van der Waals surface area contributed by atoms with Crippen molar-refractivity contribution in [1.82, 2.24) is 0 Å². The van der Waals surface area contributed by atoms with Crippen LogP contribution in [0.2, 0.25) is 0 Å². The fourth-order valence-electron chi connectivity index (χ4n) is 1.52. The van der Waals surface area contributed by atoms with Crippen molar-refractivity contribution in [3.8, 4) is 0 Å². The van der Waals surface area contributed by atoms with Gasteiger partial charge in [0.15, 0.2) is 0 Å². The van der Waals surface area contributed by atoms with Crippen molar-refractivity contribution < 1.29 is 13.2 Å². The molecule has 2 aromatic rings. The highest BCUT2D eigenvalue weighted by molar-refractivity contribution is 9.11. The Kier molecular flexibility index (Phi) is 4.28. The summed E-state index contributed by atoms with van der Waals surface area (Å²) in [6.07, 6.45) is 0. The van der Waals surface area contributed by atoms with Gasteiger partial charge < -0.3 is 5.32 Å². The summed E-state index contributed by atoms with van der Waals surface area (Å²) in [6.45, 7) is 1.89. The third-order valence-corrected chi connectivity index (χ3v) is 5.55. The number of halogens is 1. The molecule has 0 fully saturated rings. The lowest BCUT2D eigenvalue weighted by atomic mass is 10.3. The standard InChI is InChI=1S/C12H11BrN2O3S2/c1-7-5-10(19-11(7)13)12(16)15-8-3-2-4-9(6-8)20(14,17)18/h2-6H,1H3,(H,15,16)(H2,14,17,18). The lowest BCUT2D eigenvalue weighted by Gasteiger charge is -2.05. The number of carbonyl (C=O) groups is 1. The van der Waals surface area contributed by atoms with Crippen LogP contribution in [-0.2, 0) is 10.0 Å². The van der Waals surface area contributed by atoms with Crippen molar-refractivity contribution in [1.29, 1.82) is 0 Å². The molecule has 2 rings (SSSR count). The van der Waals surface area contributed by atoms with Crippen molar-refractivity contribution in [3.63, 3.8) is 0 Å². The van der Waals surface area contributed by atoms with Crippen LogP contribution in [0.15, 0.2) is 39.0 Å². The maximum atomic E-state index is 12.0. The van der Waals surface area contributed by atoms with Crippen LogP contribution in [0.1, 0.15) is 15.2 Å². The maximum Gasteiger partial charge on any atom is 0.265 e. The van der Waals surface area contributed by atoms with Crippen LogP contribution < -0.4 is 10.5 Å². The molecule has 0 atom stereocenters. The van der Waals surface area contributed by atoms with E-state index in [4.69, 9.17) is 5.14 Å². The van der Waals surface area contributed by atoms with Crippen LogP contribution in [0.4, 0.5) is 5.69 Å². The molecule has 8 heteroatoms. The zero-order chi connectivity index (χ0) is 14.9. The summed E-state index contributed by atoms with van der Waals surface area (Å²) in [6, 6.07) is 7.57. The van der Waals surface area contributed by atoms with Gasteiger partial charge in [0.25, 0.3) is 5.91 Å². The minimum Gasteiger partial charge on any atom is -0.321 e. The molecule has 0 bridgehead atoms. The van der Waals surface area contributed by atoms with Gasteiger partial charge in [-0.1, -0.05) is 6.07 Å². The first-order chi connectivity index (χ1) is 9.27. The van der Waals surface area contributed by atoms with Gasteiger partial charge in [-0.2, -0.15) is 0 Å². The second kappa shape index (κ2) is 5.65. The van der Waals surface area contributed by atoms with E-state index in [1.54, 1.807) is 12.1 Å². The van der Waals surface area contributed by atoms with Crippen molar-refractivity contribution in [3.05, 3.63) is 44.6 Å². The summed E-state index contributed by atoms with van der Waals surface area (Å²) >= 11 is 4.66. The number of rotatable bonds is 3. The van der Waals surface area contributed by atoms with Crippen LogP contribution in [-0.4, -0.2) is 14.3 Å². The number of anilines is 1. The number of sulfonamides is 1. The average molecular weight is 375 g/mol. The molecule has 1 amide bonds. The Morgan fingerprint density at radius 3 is 2.60 bits per heavy atom. The SMILES string of the molecule is Cc1cc(C(=O)Nc2cccc(S(N)(=O)=O)c2)sc1Br. The Hall–Kier alpha value is -1.22. The quantitative estimate of drug-likeness (QED) is 0.865. The number of thiophene rings is 1. The fraction of sp³-hybridized carbons (Fsp3) is 0.0833. The summed E-state index contributed by atoms with van der Waals surface area (Å²) < 4.78 is 23.4. The van der Waals surface area contributed by atoms with E-state index in [0.717, 1.165) is 9.35 Å². The predicted molar refractivity (Wildman–Crippen MR) is 82.5 cm³/mol. The lowest BCUT2D eigenvalue weighted by molar-refractivity contribution is 0.103. The molecule has 0 radical (unpaired) electrons. The smallest absolute Gasteiger partial charge is 0.265 e. The molecule has 0 aliphatic rings. The molecule has 20 heavy (non-hydrogen) atoms. The second-order valence-electron chi connectivity index (χ2n) is 4.09.